The van der Waals surface area contributed by atoms with Gasteiger partial charge in [-0.2, -0.15) is 0 Å². The number of nitrogens with zero attached hydrogens (tertiary/aromatic N) is 1. The van der Waals surface area contributed by atoms with E-state index in [-0.39, 0.29) is 0 Å². The van der Waals surface area contributed by atoms with Gasteiger partial charge in [0.1, 0.15) is 0 Å². The van der Waals surface area contributed by atoms with E-state index in [0.717, 1.165) is 13.1 Å². The smallest absolute Gasteiger partial charge is 0.0237 e. The molecule has 0 bridgehead atoms. The van der Waals surface area contributed by atoms with Gasteiger partial charge in [0.15, 0.2) is 0 Å². The minimum Gasteiger partial charge on any atom is -0.311 e. The zero-order chi connectivity index (χ0) is 13.5. The average molecular weight is 260 g/mol. The molecule has 2 atom stereocenters. The molecule has 0 amide bonds. The minimum atomic E-state index is 0.617. The van der Waals surface area contributed by atoms with E-state index in [0.29, 0.717) is 12.1 Å². The second kappa shape index (κ2) is 7.66. The highest BCUT2D eigenvalue weighted by atomic mass is 15.2. The van der Waals surface area contributed by atoms with E-state index in [4.69, 9.17) is 0 Å². The molecule has 1 aromatic carbocycles. The van der Waals surface area contributed by atoms with Crippen molar-refractivity contribution in [2.45, 2.75) is 58.2 Å². The first-order valence-electron chi connectivity index (χ1n) is 7.81. The Hall–Kier alpha value is -0.860. The highest BCUT2D eigenvalue weighted by Gasteiger charge is 2.25. The fraction of sp³-hybridized carbons (Fsp3) is 0.647. The van der Waals surface area contributed by atoms with Crippen LogP contribution in [-0.2, 0) is 6.54 Å². The lowest BCUT2D eigenvalue weighted by Gasteiger charge is -2.39. The second-order valence-corrected chi connectivity index (χ2v) is 5.87. The number of nitrogens with one attached hydrogen (secondary N) is 1. The van der Waals surface area contributed by atoms with Gasteiger partial charge >= 0.3 is 0 Å². The molecule has 1 aromatic rings. The number of unbranched alkanes of at least 4 members (excludes halogenated alkanes) is 2. The van der Waals surface area contributed by atoms with Crippen LogP contribution in [0.2, 0.25) is 0 Å². The van der Waals surface area contributed by atoms with Crippen LogP contribution in [0, 0.1) is 0 Å². The highest BCUT2D eigenvalue weighted by molar-refractivity contribution is 5.14. The summed E-state index contributed by atoms with van der Waals surface area (Å²) < 4.78 is 0. The Kier molecular flexibility index (Phi) is 5.87. The third-order valence-electron chi connectivity index (χ3n) is 4.10. The van der Waals surface area contributed by atoms with Crippen molar-refractivity contribution in [2.24, 2.45) is 0 Å². The Bertz CT molecular complexity index is 350. The first-order valence-corrected chi connectivity index (χ1v) is 7.81. The van der Waals surface area contributed by atoms with Crippen LogP contribution < -0.4 is 5.32 Å². The minimum absolute atomic E-state index is 0.617. The van der Waals surface area contributed by atoms with Crippen LogP contribution in [0.1, 0.15) is 45.1 Å². The molecule has 2 heteroatoms. The van der Waals surface area contributed by atoms with E-state index in [1.54, 1.807) is 0 Å². The zero-order valence-corrected chi connectivity index (χ0v) is 12.4. The molecule has 0 aromatic heterocycles. The molecule has 2 nitrogen and oxygen atoms in total. The van der Waals surface area contributed by atoms with E-state index in [9.17, 15) is 0 Å². The maximum atomic E-state index is 3.63. The van der Waals surface area contributed by atoms with Crippen molar-refractivity contribution in [3.8, 4) is 0 Å². The fourth-order valence-corrected chi connectivity index (χ4v) is 2.96. The summed E-state index contributed by atoms with van der Waals surface area (Å²) in [5.41, 5.74) is 1.44. The summed E-state index contributed by atoms with van der Waals surface area (Å²) >= 11 is 0. The van der Waals surface area contributed by atoms with Gasteiger partial charge in [-0.3, -0.25) is 4.90 Å². The molecule has 0 unspecified atom stereocenters. The molecule has 1 aliphatic rings. The summed E-state index contributed by atoms with van der Waals surface area (Å²) in [4.78, 5) is 2.67. The number of hydrogen-bond acceptors (Lipinski definition) is 2. The Morgan fingerprint density at radius 2 is 2.00 bits per heavy atom. The van der Waals surface area contributed by atoms with Crippen molar-refractivity contribution in [3.63, 3.8) is 0 Å². The van der Waals surface area contributed by atoms with Gasteiger partial charge in [0.2, 0.25) is 0 Å². The van der Waals surface area contributed by atoms with Crippen LogP contribution in [0.3, 0.4) is 0 Å². The monoisotopic (exact) mass is 260 g/mol. The summed E-state index contributed by atoms with van der Waals surface area (Å²) in [6, 6.07) is 12.2. The molecule has 1 saturated heterocycles. The SMILES string of the molecule is CCCCC[C@@H]1CN[C@H](C)CN1Cc1ccccc1. The lowest BCUT2D eigenvalue weighted by molar-refractivity contribution is 0.118. The van der Waals surface area contributed by atoms with Crippen molar-refractivity contribution in [1.29, 1.82) is 0 Å². The molecular formula is C17H28N2. The van der Waals surface area contributed by atoms with Gasteiger partial charge in [-0.25, -0.2) is 0 Å². The lowest BCUT2D eigenvalue weighted by Crippen LogP contribution is -2.54. The summed E-state index contributed by atoms with van der Waals surface area (Å²) in [6.07, 6.45) is 5.38. The molecule has 0 radical (unpaired) electrons. The maximum Gasteiger partial charge on any atom is 0.0237 e. The normalized spacial score (nSPS) is 24.5. The van der Waals surface area contributed by atoms with Crippen molar-refractivity contribution in [3.05, 3.63) is 35.9 Å². The molecule has 1 N–H and O–H groups in total. The molecule has 0 saturated carbocycles. The first-order chi connectivity index (χ1) is 9.29. The van der Waals surface area contributed by atoms with Crippen molar-refractivity contribution >= 4 is 0 Å². The molecular weight excluding hydrogens is 232 g/mol. The number of benzene rings is 1. The van der Waals surface area contributed by atoms with Crippen molar-refractivity contribution in [2.75, 3.05) is 13.1 Å². The Balaban J connectivity index is 1.92. The summed E-state index contributed by atoms with van der Waals surface area (Å²) in [7, 11) is 0. The largest absolute Gasteiger partial charge is 0.311 e. The van der Waals surface area contributed by atoms with Crippen molar-refractivity contribution < 1.29 is 0 Å². The quantitative estimate of drug-likeness (QED) is 0.788. The molecule has 1 heterocycles. The van der Waals surface area contributed by atoms with Gasteiger partial charge in [0.25, 0.3) is 0 Å². The van der Waals surface area contributed by atoms with Gasteiger partial charge in [0.05, 0.1) is 0 Å². The van der Waals surface area contributed by atoms with Gasteiger partial charge in [-0.1, -0.05) is 56.5 Å². The summed E-state index contributed by atoms with van der Waals surface area (Å²) in [5.74, 6) is 0. The Labute approximate surface area is 118 Å². The first kappa shape index (κ1) is 14.5. The summed E-state index contributed by atoms with van der Waals surface area (Å²) in [5, 5.41) is 3.63. The number of hydrogen-bond donors (Lipinski definition) is 1. The van der Waals surface area contributed by atoms with E-state index < -0.39 is 0 Å². The van der Waals surface area contributed by atoms with Gasteiger partial charge in [0, 0.05) is 31.7 Å². The average Bonchev–Trinajstić information content (AvgIpc) is 2.43. The zero-order valence-electron chi connectivity index (χ0n) is 12.4. The number of piperazine rings is 1. The second-order valence-electron chi connectivity index (χ2n) is 5.87. The van der Waals surface area contributed by atoms with E-state index in [1.165, 1.54) is 37.8 Å². The third kappa shape index (κ3) is 4.63. The van der Waals surface area contributed by atoms with E-state index >= 15 is 0 Å². The fourth-order valence-electron chi connectivity index (χ4n) is 2.96. The van der Waals surface area contributed by atoms with Gasteiger partial charge < -0.3 is 5.32 Å². The molecule has 0 aliphatic carbocycles. The van der Waals surface area contributed by atoms with Crippen LogP contribution in [-0.4, -0.2) is 30.1 Å². The molecule has 1 fully saturated rings. The standard InChI is InChI=1S/C17H28N2/c1-3-4-6-11-17-12-18-15(2)13-19(17)14-16-9-7-5-8-10-16/h5,7-10,15,17-18H,3-4,6,11-14H2,1-2H3/t15-,17-/m1/s1. The molecule has 19 heavy (non-hydrogen) atoms. The Morgan fingerprint density at radius 3 is 2.74 bits per heavy atom. The van der Waals surface area contributed by atoms with E-state index in [1.807, 2.05) is 0 Å². The van der Waals surface area contributed by atoms with Crippen molar-refractivity contribution in [1.82, 2.24) is 10.2 Å². The van der Waals surface area contributed by atoms with Crippen LogP contribution in [0.25, 0.3) is 0 Å². The van der Waals surface area contributed by atoms with Crippen LogP contribution in [0.4, 0.5) is 0 Å². The molecule has 1 aliphatic heterocycles. The van der Waals surface area contributed by atoms with E-state index in [2.05, 4.69) is 54.4 Å². The maximum absolute atomic E-state index is 3.63. The van der Waals surface area contributed by atoms with Gasteiger partial charge in [-0.15, -0.1) is 0 Å². The van der Waals surface area contributed by atoms with Crippen LogP contribution in [0.5, 0.6) is 0 Å². The lowest BCUT2D eigenvalue weighted by atomic mass is 10.0. The number of rotatable bonds is 6. The highest BCUT2D eigenvalue weighted by Crippen LogP contribution is 2.17. The topological polar surface area (TPSA) is 15.3 Å². The molecule has 106 valence electrons. The predicted molar refractivity (Wildman–Crippen MR) is 82.2 cm³/mol. The Morgan fingerprint density at radius 1 is 1.21 bits per heavy atom. The molecule has 0 spiro atoms. The van der Waals surface area contributed by atoms with Gasteiger partial charge in [-0.05, 0) is 18.9 Å². The third-order valence-corrected chi connectivity index (χ3v) is 4.10. The van der Waals surface area contributed by atoms with Crippen LogP contribution in [0.15, 0.2) is 30.3 Å². The van der Waals surface area contributed by atoms with Crippen LogP contribution >= 0.6 is 0 Å². The molecule has 2 rings (SSSR count). The summed E-state index contributed by atoms with van der Waals surface area (Å²) in [6.45, 7) is 8.00. The predicted octanol–water partition coefficient (Wildman–Crippen LogP) is 3.43.